The lowest BCUT2D eigenvalue weighted by molar-refractivity contribution is -0.118. The predicted octanol–water partition coefficient (Wildman–Crippen LogP) is 5.64. The Bertz CT molecular complexity index is 1120. The smallest absolute Gasteiger partial charge is 0.250 e. The van der Waals surface area contributed by atoms with E-state index in [1.54, 1.807) is 18.3 Å². The SMILES string of the molecule is O=C(CSc1nc(-c2ccccc2)c(-c2ccccc2)[nH]1)N/N=C\c1ccc(Cl)cc1. The lowest BCUT2D eigenvalue weighted by Crippen LogP contribution is -2.19. The molecule has 4 rings (SSSR count). The fraction of sp³-hybridized carbons (Fsp3) is 0.0417. The van der Waals surface area contributed by atoms with Gasteiger partial charge < -0.3 is 4.98 Å². The van der Waals surface area contributed by atoms with Crippen LogP contribution in [0.1, 0.15) is 5.56 Å². The van der Waals surface area contributed by atoms with Crippen molar-refractivity contribution in [2.75, 3.05) is 5.75 Å². The van der Waals surface area contributed by atoms with Crippen LogP contribution in [0, 0.1) is 0 Å². The second-order valence-electron chi connectivity index (χ2n) is 6.63. The highest BCUT2D eigenvalue weighted by Gasteiger charge is 2.15. The summed E-state index contributed by atoms with van der Waals surface area (Å²) < 4.78 is 0. The number of aromatic nitrogens is 2. The van der Waals surface area contributed by atoms with Gasteiger partial charge in [-0.05, 0) is 17.7 Å². The van der Waals surface area contributed by atoms with E-state index in [0.717, 1.165) is 28.1 Å². The van der Waals surface area contributed by atoms with Crippen LogP contribution in [0.25, 0.3) is 22.5 Å². The zero-order chi connectivity index (χ0) is 21.5. The number of nitrogens with zero attached hydrogens (tertiary/aromatic N) is 2. The van der Waals surface area contributed by atoms with Crippen LogP contribution in [0.5, 0.6) is 0 Å². The number of carbonyl (C=O) groups excluding carboxylic acids is 1. The van der Waals surface area contributed by atoms with Gasteiger partial charge in [0.15, 0.2) is 5.16 Å². The Hall–Kier alpha value is -3.35. The van der Waals surface area contributed by atoms with E-state index < -0.39 is 0 Å². The Morgan fingerprint density at radius 1 is 0.968 bits per heavy atom. The molecular formula is C24H19ClN4OS. The molecule has 0 saturated heterocycles. The van der Waals surface area contributed by atoms with Gasteiger partial charge in [0.25, 0.3) is 5.91 Å². The fourth-order valence-electron chi connectivity index (χ4n) is 2.93. The first-order chi connectivity index (χ1) is 15.2. The first-order valence-corrected chi connectivity index (χ1v) is 11.0. The number of carbonyl (C=O) groups is 1. The van der Waals surface area contributed by atoms with Gasteiger partial charge in [0.2, 0.25) is 0 Å². The summed E-state index contributed by atoms with van der Waals surface area (Å²) >= 11 is 7.19. The van der Waals surface area contributed by atoms with Crippen molar-refractivity contribution in [2.45, 2.75) is 5.16 Å². The third-order valence-corrected chi connectivity index (χ3v) is 5.53. The molecule has 0 unspecified atom stereocenters. The summed E-state index contributed by atoms with van der Waals surface area (Å²) in [4.78, 5) is 20.3. The van der Waals surface area contributed by atoms with Gasteiger partial charge in [0.1, 0.15) is 0 Å². The highest BCUT2D eigenvalue weighted by molar-refractivity contribution is 7.99. The number of aromatic amines is 1. The molecule has 0 saturated carbocycles. The molecule has 5 nitrogen and oxygen atoms in total. The second-order valence-corrected chi connectivity index (χ2v) is 8.03. The molecule has 0 aliphatic heterocycles. The summed E-state index contributed by atoms with van der Waals surface area (Å²) in [6.07, 6.45) is 1.58. The van der Waals surface area contributed by atoms with Crippen LogP contribution < -0.4 is 5.43 Å². The van der Waals surface area contributed by atoms with Crippen molar-refractivity contribution in [3.05, 3.63) is 95.5 Å². The molecule has 4 aromatic rings. The Morgan fingerprint density at radius 3 is 2.29 bits per heavy atom. The van der Waals surface area contributed by atoms with E-state index in [9.17, 15) is 4.79 Å². The van der Waals surface area contributed by atoms with Crippen LogP contribution in [-0.2, 0) is 4.79 Å². The lowest BCUT2D eigenvalue weighted by atomic mass is 10.1. The third kappa shape index (κ3) is 5.63. The molecule has 0 aliphatic rings. The number of hydrogen-bond acceptors (Lipinski definition) is 4. The van der Waals surface area contributed by atoms with E-state index in [4.69, 9.17) is 16.6 Å². The van der Waals surface area contributed by atoms with Gasteiger partial charge in [-0.25, -0.2) is 10.4 Å². The van der Waals surface area contributed by atoms with Gasteiger partial charge in [-0.1, -0.05) is 96.2 Å². The number of hydrogen-bond donors (Lipinski definition) is 2. The van der Waals surface area contributed by atoms with Crippen LogP contribution >= 0.6 is 23.4 Å². The third-order valence-electron chi connectivity index (χ3n) is 4.40. The molecule has 0 fully saturated rings. The standard InChI is InChI=1S/C24H19ClN4OS/c25-20-13-11-17(12-14-20)15-26-29-21(30)16-31-24-27-22(18-7-3-1-4-8-18)23(28-24)19-9-5-2-6-10-19/h1-15H,16H2,(H,27,28)(H,29,30)/b26-15-. The summed E-state index contributed by atoms with van der Waals surface area (Å²) in [5.74, 6) is -0.0253. The highest BCUT2D eigenvalue weighted by Crippen LogP contribution is 2.32. The molecule has 1 heterocycles. The van der Waals surface area contributed by atoms with Crippen molar-refractivity contribution in [1.82, 2.24) is 15.4 Å². The van der Waals surface area contributed by atoms with Gasteiger partial charge in [-0.15, -0.1) is 0 Å². The zero-order valence-electron chi connectivity index (χ0n) is 16.5. The van der Waals surface area contributed by atoms with E-state index in [1.165, 1.54) is 11.8 Å². The van der Waals surface area contributed by atoms with Crippen molar-refractivity contribution in [3.63, 3.8) is 0 Å². The lowest BCUT2D eigenvalue weighted by Gasteiger charge is -2.02. The average Bonchev–Trinajstić information content (AvgIpc) is 3.25. The molecule has 31 heavy (non-hydrogen) atoms. The second kappa shape index (κ2) is 10.1. The first kappa shape index (κ1) is 20.9. The van der Waals surface area contributed by atoms with Crippen molar-refractivity contribution in [1.29, 1.82) is 0 Å². The molecule has 1 amide bonds. The molecule has 2 N–H and O–H groups in total. The van der Waals surface area contributed by atoms with E-state index in [-0.39, 0.29) is 11.7 Å². The minimum Gasteiger partial charge on any atom is -0.332 e. The molecule has 0 spiro atoms. The number of imidazole rings is 1. The first-order valence-electron chi connectivity index (χ1n) is 9.60. The van der Waals surface area contributed by atoms with Crippen molar-refractivity contribution in [2.24, 2.45) is 5.10 Å². The maximum atomic E-state index is 12.2. The summed E-state index contributed by atoms with van der Waals surface area (Å²) in [5.41, 5.74) is 7.22. The number of amides is 1. The van der Waals surface area contributed by atoms with Gasteiger partial charge in [0, 0.05) is 16.1 Å². The Labute approximate surface area is 189 Å². The number of rotatable bonds is 7. The summed E-state index contributed by atoms with van der Waals surface area (Å²) in [7, 11) is 0. The van der Waals surface area contributed by atoms with Gasteiger partial charge >= 0.3 is 0 Å². The van der Waals surface area contributed by atoms with E-state index in [0.29, 0.717) is 10.2 Å². The summed E-state index contributed by atoms with van der Waals surface area (Å²) in [5, 5.41) is 5.32. The Balaban J connectivity index is 1.44. The van der Waals surface area contributed by atoms with Crippen LogP contribution in [0.4, 0.5) is 0 Å². The van der Waals surface area contributed by atoms with Crippen molar-refractivity contribution < 1.29 is 4.79 Å². The largest absolute Gasteiger partial charge is 0.332 e. The number of hydrazone groups is 1. The highest BCUT2D eigenvalue weighted by atomic mass is 35.5. The van der Waals surface area contributed by atoms with Crippen molar-refractivity contribution >= 4 is 35.5 Å². The van der Waals surface area contributed by atoms with Crippen LogP contribution in [0.2, 0.25) is 5.02 Å². The summed E-state index contributed by atoms with van der Waals surface area (Å²) in [6.45, 7) is 0. The maximum Gasteiger partial charge on any atom is 0.250 e. The number of halogens is 1. The van der Waals surface area contributed by atoms with Gasteiger partial charge in [-0.3, -0.25) is 4.79 Å². The van der Waals surface area contributed by atoms with Gasteiger partial charge in [0.05, 0.1) is 23.4 Å². The quantitative estimate of drug-likeness (QED) is 0.219. The van der Waals surface area contributed by atoms with Crippen LogP contribution in [-0.4, -0.2) is 27.8 Å². The average molecular weight is 447 g/mol. The Morgan fingerprint density at radius 2 is 1.61 bits per heavy atom. The van der Waals surface area contributed by atoms with E-state index >= 15 is 0 Å². The predicted molar refractivity (Wildman–Crippen MR) is 127 cm³/mol. The molecular weight excluding hydrogens is 428 g/mol. The van der Waals surface area contributed by atoms with Crippen LogP contribution in [0.3, 0.4) is 0 Å². The topological polar surface area (TPSA) is 70.1 Å². The number of thioether (sulfide) groups is 1. The maximum absolute atomic E-state index is 12.2. The zero-order valence-corrected chi connectivity index (χ0v) is 18.0. The number of H-pyrrole nitrogens is 1. The molecule has 0 bridgehead atoms. The summed E-state index contributed by atoms with van der Waals surface area (Å²) in [6, 6.07) is 27.2. The molecule has 1 aromatic heterocycles. The number of nitrogens with one attached hydrogen (secondary N) is 2. The minimum atomic E-state index is -0.214. The molecule has 0 radical (unpaired) electrons. The van der Waals surface area contributed by atoms with Gasteiger partial charge in [-0.2, -0.15) is 5.10 Å². The molecule has 0 aliphatic carbocycles. The Kier molecular flexibility index (Phi) is 6.82. The molecule has 154 valence electrons. The fourth-order valence-corrected chi connectivity index (χ4v) is 3.72. The van der Waals surface area contributed by atoms with E-state index in [1.807, 2.05) is 72.8 Å². The molecule has 0 atom stereocenters. The minimum absolute atomic E-state index is 0.188. The van der Waals surface area contributed by atoms with E-state index in [2.05, 4.69) is 15.5 Å². The molecule has 3 aromatic carbocycles. The van der Waals surface area contributed by atoms with Crippen LogP contribution in [0.15, 0.2) is 95.2 Å². The monoisotopic (exact) mass is 446 g/mol. The van der Waals surface area contributed by atoms with Crippen molar-refractivity contribution in [3.8, 4) is 22.5 Å². The molecule has 7 heteroatoms. The number of benzene rings is 3. The normalized spacial score (nSPS) is 11.0.